The highest BCUT2D eigenvalue weighted by Crippen LogP contribution is 2.41. The molecule has 1 aliphatic rings. The zero-order valence-corrected chi connectivity index (χ0v) is 13.8. The molecular weight excluding hydrogens is 282 g/mol. The second-order valence-electron chi connectivity index (χ2n) is 5.97. The standard InChI is InChI=1S/C15H23N5S/c1-4-15(5-2)6-7-20(9-15)12-11-8-10(3)21-13(11)18-14(17-12)19-16/h8H,4-7,9,16H2,1-3H3,(H,17,18,19). The average Bonchev–Trinajstić information content (AvgIpc) is 3.09. The molecule has 3 heterocycles. The summed E-state index contributed by atoms with van der Waals surface area (Å²) in [6.45, 7) is 8.84. The fraction of sp³-hybridized carbons (Fsp3) is 0.600. The summed E-state index contributed by atoms with van der Waals surface area (Å²) in [5, 5.41) is 1.15. The first-order valence-electron chi connectivity index (χ1n) is 7.60. The number of hydrazine groups is 1. The SMILES string of the molecule is CCC1(CC)CCN(c2nc(NN)nc3sc(C)cc23)C1. The van der Waals surface area contributed by atoms with Crippen LogP contribution in [0.1, 0.15) is 38.0 Å². The van der Waals surface area contributed by atoms with Crippen LogP contribution in [0.15, 0.2) is 6.07 Å². The number of anilines is 2. The second-order valence-corrected chi connectivity index (χ2v) is 7.20. The minimum atomic E-state index is 0.429. The molecule has 0 aliphatic carbocycles. The fourth-order valence-corrected chi connectivity index (χ4v) is 4.15. The van der Waals surface area contributed by atoms with Crippen LogP contribution in [-0.2, 0) is 0 Å². The van der Waals surface area contributed by atoms with Gasteiger partial charge in [-0.25, -0.2) is 10.8 Å². The topological polar surface area (TPSA) is 67.1 Å². The van der Waals surface area contributed by atoms with Gasteiger partial charge in [-0.2, -0.15) is 4.98 Å². The third kappa shape index (κ3) is 2.46. The highest BCUT2D eigenvalue weighted by atomic mass is 32.1. The lowest BCUT2D eigenvalue weighted by molar-refractivity contribution is 0.301. The largest absolute Gasteiger partial charge is 0.355 e. The molecular formula is C15H23N5S. The van der Waals surface area contributed by atoms with Gasteiger partial charge in [-0.1, -0.05) is 13.8 Å². The Bertz CT molecular complexity index is 647. The maximum Gasteiger partial charge on any atom is 0.240 e. The summed E-state index contributed by atoms with van der Waals surface area (Å²) < 4.78 is 0. The van der Waals surface area contributed by atoms with E-state index >= 15 is 0 Å². The van der Waals surface area contributed by atoms with Crippen molar-refractivity contribution in [2.75, 3.05) is 23.4 Å². The maximum absolute atomic E-state index is 5.53. The second kappa shape index (κ2) is 5.42. The Balaban J connectivity index is 2.04. The molecule has 0 aromatic carbocycles. The van der Waals surface area contributed by atoms with Gasteiger partial charge in [0.1, 0.15) is 10.6 Å². The number of thiophene rings is 1. The van der Waals surface area contributed by atoms with Crippen molar-refractivity contribution in [3.63, 3.8) is 0 Å². The van der Waals surface area contributed by atoms with Crippen molar-refractivity contribution >= 4 is 33.3 Å². The van der Waals surface area contributed by atoms with Crippen molar-refractivity contribution in [2.24, 2.45) is 11.3 Å². The van der Waals surface area contributed by atoms with Crippen LogP contribution in [0.5, 0.6) is 0 Å². The fourth-order valence-electron chi connectivity index (χ4n) is 3.28. The number of aromatic nitrogens is 2. The van der Waals surface area contributed by atoms with Crippen LogP contribution < -0.4 is 16.2 Å². The molecule has 0 unspecified atom stereocenters. The van der Waals surface area contributed by atoms with Crippen LogP contribution in [0.25, 0.3) is 10.2 Å². The molecule has 2 aromatic rings. The van der Waals surface area contributed by atoms with Gasteiger partial charge >= 0.3 is 0 Å². The lowest BCUT2D eigenvalue weighted by Crippen LogP contribution is -2.27. The van der Waals surface area contributed by atoms with Gasteiger partial charge in [0.05, 0.1) is 5.39 Å². The molecule has 3 N–H and O–H groups in total. The highest BCUT2D eigenvalue weighted by Gasteiger charge is 2.36. The predicted molar refractivity (Wildman–Crippen MR) is 89.8 cm³/mol. The number of hydrogen-bond donors (Lipinski definition) is 2. The molecule has 5 nitrogen and oxygen atoms in total. The number of hydrogen-bond acceptors (Lipinski definition) is 6. The van der Waals surface area contributed by atoms with Gasteiger partial charge in [-0.05, 0) is 37.7 Å². The van der Waals surface area contributed by atoms with Crippen LogP contribution in [0, 0.1) is 12.3 Å². The summed E-state index contributed by atoms with van der Waals surface area (Å²) in [5.74, 6) is 7.07. The average molecular weight is 305 g/mol. The normalized spacial score (nSPS) is 17.6. The molecule has 0 saturated carbocycles. The molecule has 0 spiro atoms. The van der Waals surface area contributed by atoms with Crippen LogP contribution in [0.3, 0.4) is 0 Å². The van der Waals surface area contributed by atoms with Crippen molar-refractivity contribution in [1.82, 2.24) is 9.97 Å². The number of nitrogen functional groups attached to an aromatic ring is 1. The van der Waals surface area contributed by atoms with E-state index in [9.17, 15) is 0 Å². The van der Waals surface area contributed by atoms with Crippen molar-refractivity contribution in [3.8, 4) is 0 Å². The molecule has 2 aromatic heterocycles. The van der Waals surface area contributed by atoms with Crippen LogP contribution in [0.4, 0.5) is 11.8 Å². The first-order valence-corrected chi connectivity index (χ1v) is 8.42. The van der Waals surface area contributed by atoms with Gasteiger partial charge in [-0.15, -0.1) is 11.3 Å². The number of nitrogens with two attached hydrogens (primary N) is 1. The molecule has 0 bridgehead atoms. The van der Waals surface area contributed by atoms with Crippen molar-refractivity contribution < 1.29 is 0 Å². The molecule has 21 heavy (non-hydrogen) atoms. The maximum atomic E-state index is 5.53. The number of rotatable bonds is 4. The lowest BCUT2D eigenvalue weighted by atomic mass is 9.82. The van der Waals surface area contributed by atoms with Crippen LogP contribution >= 0.6 is 11.3 Å². The van der Waals surface area contributed by atoms with Crippen molar-refractivity contribution in [3.05, 3.63) is 10.9 Å². The number of fused-ring (bicyclic) bond motifs is 1. The molecule has 1 aliphatic heterocycles. The van der Waals surface area contributed by atoms with Gasteiger partial charge in [0, 0.05) is 18.0 Å². The van der Waals surface area contributed by atoms with Gasteiger partial charge in [0.25, 0.3) is 0 Å². The quantitative estimate of drug-likeness (QED) is 0.670. The summed E-state index contributed by atoms with van der Waals surface area (Å²) in [6.07, 6.45) is 3.68. The molecule has 0 amide bonds. The smallest absolute Gasteiger partial charge is 0.240 e. The number of nitrogens with one attached hydrogen (secondary N) is 1. The van der Waals surface area contributed by atoms with Crippen molar-refractivity contribution in [1.29, 1.82) is 0 Å². The van der Waals surface area contributed by atoms with Gasteiger partial charge in [-0.3, -0.25) is 5.43 Å². The zero-order chi connectivity index (χ0) is 15.0. The van der Waals surface area contributed by atoms with E-state index in [0.29, 0.717) is 11.4 Å². The molecule has 114 valence electrons. The van der Waals surface area contributed by atoms with Crippen molar-refractivity contribution in [2.45, 2.75) is 40.0 Å². The third-order valence-electron chi connectivity index (χ3n) is 4.86. The molecule has 0 atom stereocenters. The zero-order valence-electron chi connectivity index (χ0n) is 12.9. The van der Waals surface area contributed by atoms with E-state index in [4.69, 9.17) is 5.84 Å². The van der Waals surface area contributed by atoms with E-state index in [0.717, 1.165) is 29.1 Å². The predicted octanol–water partition coefficient (Wildman–Crippen LogP) is 3.30. The van der Waals surface area contributed by atoms with E-state index in [2.05, 4.69) is 47.1 Å². The Kier molecular flexibility index (Phi) is 3.75. The molecule has 3 rings (SSSR count). The Morgan fingerprint density at radius 3 is 2.76 bits per heavy atom. The Morgan fingerprint density at radius 2 is 2.14 bits per heavy atom. The van der Waals surface area contributed by atoms with E-state index in [1.165, 1.54) is 24.1 Å². The third-order valence-corrected chi connectivity index (χ3v) is 5.81. The van der Waals surface area contributed by atoms with E-state index in [1.54, 1.807) is 11.3 Å². The monoisotopic (exact) mass is 305 g/mol. The van der Waals surface area contributed by atoms with Gasteiger partial charge in [0.2, 0.25) is 5.95 Å². The minimum absolute atomic E-state index is 0.429. The first kappa shape index (κ1) is 14.5. The summed E-state index contributed by atoms with van der Waals surface area (Å²) >= 11 is 1.69. The summed E-state index contributed by atoms with van der Waals surface area (Å²) in [5.41, 5.74) is 3.03. The Morgan fingerprint density at radius 1 is 1.38 bits per heavy atom. The van der Waals surface area contributed by atoms with Gasteiger partial charge < -0.3 is 4.90 Å². The van der Waals surface area contributed by atoms with Crippen LogP contribution in [0.2, 0.25) is 0 Å². The molecule has 1 saturated heterocycles. The molecule has 6 heteroatoms. The minimum Gasteiger partial charge on any atom is -0.355 e. The van der Waals surface area contributed by atoms with E-state index in [-0.39, 0.29) is 0 Å². The summed E-state index contributed by atoms with van der Waals surface area (Å²) in [7, 11) is 0. The Labute approximate surface area is 129 Å². The lowest BCUT2D eigenvalue weighted by Gasteiger charge is -2.27. The summed E-state index contributed by atoms with van der Waals surface area (Å²) in [6, 6.07) is 2.19. The highest BCUT2D eigenvalue weighted by molar-refractivity contribution is 7.18. The van der Waals surface area contributed by atoms with E-state index in [1.807, 2.05) is 0 Å². The number of aryl methyl sites for hydroxylation is 1. The van der Waals surface area contributed by atoms with Gasteiger partial charge in [0.15, 0.2) is 0 Å². The van der Waals surface area contributed by atoms with Crippen LogP contribution in [-0.4, -0.2) is 23.1 Å². The number of nitrogens with zero attached hydrogens (tertiary/aromatic N) is 3. The molecule has 0 radical (unpaired) electrons. The Hall–Kier alpha value is -1.40. The molecule has 1 fully saturated rings. The first-order chi connectivity index (χ1) is 10.1. The summed E-state index contributed by atoms with van der Waals surface area (Å²) in [4.78, 5) is 13.8. The van der Waals surface area contributed by atoms with E-state index < -0.39 is 0 Å².